The summed E-state index contributed by atoms with van der Waals surface area (Å²) in [6, 6.07) is 14.9. The lowest BCUT2D eigenvalue weighted by Gasteiger charge is -2.21. The summed E-state index contributed by atoms with van der Waals surface area (Å²) in [5.41, 5.74) is 1.56. The Morgan fingerprint density at radius 3 is 2.64 bits per heavy atom. The van der Waals surface area contributed by atoms with Crippen LogP contribution in [-0.4, -0.2) is 24.4 Å². The van der Waals surface area contributed by atoms with Crippen molar-refractivity contribution in [1.82, 2.24) is 0 Å². The Labute approximate surface area is 137 Å². The number of hydrogen-bond acceptors (Lipinski definition) is 3. The van der Waals surface area contributed by atoms with E-state index < -0.39 is 6.23 Å². The fraction of sp³-hybridized carbons (Fsp3) is 0.235. The number of aliphatic hydroxyl groups is 1. The Bertz CT molecular complexity index is 690. The summed E-state index contributed by atoms with van der Waals surface area (Å²) in [5, 5.41) is 10.3. The van der Waals surface area contributed by atoms with Crippen LogP contribution < -0.4 is 9.64 Å². The molecule has 0 radical (unpaired) electrons. The van der Waals surface area contributed by atoms with Crippen LogP contribution in [0, 0.1) is 0 Å². The predicted molar refractivity (Wildman–Crippen MR) is 88.0 cm³/mol. The number of rotatable bonds is 3. The van der Waals surface area contributed by atoms with E-state index in [0.717, 1.165) is 10.0 Å². The molecule has 1 N–H and O–H groups in total. The predicted octanol–water partition coefficient (Wildman–Crippen LogP) is 3.30. The highest BCUT2D eigenvalue weighted by molar-refractivity contribution is 9.10. The normalized spacial score (nSPS) is 21.2. The molecule has 22 heavy (non-hydrogen) atoms. The van der Waals surface area contributed by atoms with E-state index in [0.29, 0.717) is 17.9 Å². The van der Waals surface area contributed by atoms with Crippen molar-refractivity contribution >= 4 is 27.5 Å². The third kappa shape index (κ3) is 2.62. The molecule has 1 aliphatic rings. The van der Waals surface area contributed by atoms with Gasteiger partial charge < -0.3 is 9.84 Å². The molecular weight excluding hydrogens is 346 g/mol. The molecule has 1 fully saturated rings. The first-order valence-corrected chi connectivity index (χ1v) is 7.80. The minimum Gasteiger partial charge on any atom is -0.495 e. The average Bonchev–Trinajstić information content (AvgIpc) is 2.84. The summed E-state index contributed by atoms with van der Waals surface area (Å²) in [6.07, 6.45) is -0.440. The van der Waals surface area contributed by atoms with E-state index in [1.54, 1.807) is 19.2 Å². The van der Waals surface area contributed by atoms with Crippen LogP contribution in [0.1, 0.15) is 17.9 Å². The highest BCUT2D eigenvalue weighted by Crippen LogP contribution is 2.38. The molecule has 1 amide bonds. The van der Waals surface area contributed by atoms with Crippen molar-refractivity contribution in [3.8, 4) is 5.75 Å². The largest absolute Gasteiger partial charge is 0.495 e. The Hall–Kier alpha value is -1.85. The van der Waals surface area contributed by atoms with E-state index in [2.05, 4.69) is 15.9 Å². The molecule has 4 nitrogen and oxygen atoms in total. The quantitative estimate of drug-likeness (QED) is 0.912. The fourth-order valence-electron chi connectivity index (χ4n) is 2.79. The van der Waals surface area contributed by atoms with Gasteiger partial charge >= 0.3 is 0 Å². The number of aliphatic hydroxyl groups excluding tert-OH is 1. The molecule has 3 rings (SSSR count). The number of amides is 1. The molecule has 0 spiro atoms. The van der Waals surface area contributed by atoms with Crippen molar-refractivity contribution < 1.29 is 14.6 Å². The molecule has 5 heteroatoms. The molecule has 2 aromatic rings. The van der Waals surface area contributed by atoms with E-state index in [1.165, 1.54) is 4.90 Å². The lowest BCUT2D eigenvalue weighted by Crippen LogP contribution is -2.33. The van der Waals surface area contributed by atoms with E-state index in [9.17, 15) is 9.90 Å². The maximum atomic E-state index is 12.7. The molecule has 1 saturated heterocycles. The molecule has 114 valence electrons. The van der Waals surface area contributed by atoms with Crippen molar-refractivity contribution in [2.24, 2.45) is 0 Å². The first-order valence-electron chi connectivity index (χ1n) is 7.01. The number of halogens is 1. The van der Waals surface area contributed by atoms with Gasteiger partial charge in [0.15, 0.2) is 0 Å². The standard InChI is InChI=1S/C17H16BrNO3/c1-22-15-9-12(7-8-14(15)18)19-16(20)10-13(17(19)21)11-5-3-2-4-6-11/h2-9,13,16,20H,10H2,1H3/t13-,16+/m1/s1. The van der Waals surface area contributed by atoms with Crippen molar-refractivity contribution in [3.63, 3.8) is 0 Å². The summed E-state index contributed by atoms with van der Waals surface area (Å²) in [6.45, 7) is 0. The minimum atomic E-state index is -0.830. The third-order valence-corrected chi connectivity index (χ3v) is 4.55. The van der Waals surface area contributed by atoms with Crippen LogP contribution in [0.3, 0.4) is 0 Å². The number of hydrogen-bond donors (Lipinski definition) is 1. The number of methoxy groups -OCH3 is 1. The van der Waals surface area contributed by atoms with Crippen LogP contribution in [0.5, 0.6) is 5.75 Å². The zero-order chi connectivity index (χ0) is 15.7. The van der Waals surface area contributed by atoms with Crippen molar-refractivity contribution in [3.05, 3.63) is 58.6 Å². The number of nitrogens with zero attached hydrogens (tertiary/aromatic N) is 1. The van der Waals surface area contributed by atoms with E-state index in [1.807, 2.05) is 36.4 Å². The Morgan fingerprint density at radius 2 is 1.95 bits per heavy atom. The van der Waals surface area contributed by atoms with E-state index in [4.69, 9.17) is 4.74 Å². The highest BCUT2D eigenvalue weighted by atomic mass is 79.9. The van der Waals surface area contributed by atoms with Crippen molar-refractivity contribution in [1.29, 1.82) is 0 Å². The van der Waals surface area contributed by atoms with Gasteiger partial charge in [-0.2, -0.15) is 0 Å². The third-order valence-electron chi connectivity index (χ3n) is 3.89. The average molecular weight is 362 g/mol. The Balaban J connectivity index is 1.93. The number of carbonyl (C=O) groups excluding carboxylic acids is 1. The van der Waals surface area contributed by atoms with Crippen LogP contribution in [0.4, 0.5) is 5.69 Å². The summed E-state index contributed by atoms with van der Waals surface area (Å²) < 4.78 is 6.07. The monoisotopic (exact) mass is 361 g/mol. The second kappa shape index (κ2) is 6.10. The van der Waals surface area contributed by atoms with Crippen molar-refractivity contribution in [2.45, 2.75) is 18.6 Å². The molecule has 2 atom stereocenters. The number of ether oxygens (including phenoxy) is 1. The van der Waals surface area contributed by atoms with Gasteiger partial charge in [0.2, 0.25) is 5.91 Å². The molecule has 0 aromatic heterocycles. The minimum absolute atomic E-state index is 0.0944. The zero-order valence-electron chi connectivity index (χ0n) is 12.1. The van der Waals surface area contributed by atoms with Crippen LogP contribution in [0.25, 0.3) is 0 Å². The van der Waals surface area contributed by atoms with Crippen LogP contribution in [0.15, 0.2) is 53.0 Å². The van der Waals surface area contributed by atoms with Gasteiger partial charge in [-0.25, -0.2) is 0 Å². The van der Waals surface area contributed by atoms with Gasteiger partial charge in [0.1, 0.15) is 12.0 Å². The van der Waals surface area contributed by atoms with Crippen LogP contribution >= 0.6 is 15.9 Å². The fourth-order valence-corrected chi connectivity index (χ4v) is 3.20. The van der Waals surface area contributed by atoms with Gasteiger partial charge in [-0.3, -0.25) is 9.69 Å². The molecule has 1 heterocycles. The van der Waals surface area contributed by atoms with Crippen LogP contribution in [0.2, 0.25) is 0 Å². The molecule has 2 aromatic carbocycles. The first kappa shape index (κ1) is 15.1. The van der Waals surface area contributed by atoms with Gasteiger partial charge in [-0.05, 0) is 33.6 Å². The molecular formula is C17H16BrNO3. The van der Waals surface area contributed by atoms with Gasteiger partial charge in [-0.1, -0.05) is 30.3 Å². The van der Waals surface area contributed by atoms with Crippen molar-refractivity contribution in [2.75, 3.05) is 12.0 Å². The molecule has 0 unspecified atom stereocenters. The van der Waals surface area contributed by atoms with Gasteiger partial charge in [0, 0.05) is 12.5 Å². The SMILES string of the molecule is COc1cc(N2C(=O)[C@@H](c3ccccc3)C[C@@H]2O)ccc1Br. The van der Waals surface area contributed by atoms with Gasteiger partial charge in [0.25, 0.3) is 0 Å². The lowest BCUT2D eigenvalue weighted by atomic mass is 9.97. The second-order valence-corrected chi connectivity index (χ2v) is 6.06. The van der Waals surface area contributed by atoms with Gasteiger partial charge in [-0.15, -0.1) is 0 Å². The zero-order valence-corrected chi connectivity index (χ0v) is 13.7. The number of carbonyl (C=O) groups is 1. The van der Waals surface area contributed by atoms with Crippen LogP contribution in [-0.2, 0) is 4.79 Å². The summed E-state index contributed by atoms with van der Waals surface area (Å²) in [4.78, 5) is 14.2. The molecule has 0 bridgehead atoms. The first-order chi connectivity index (χ1) is 10.6. The highest BCUT2D eigenvalue weighted by Gasteiger charge is 2.40. The second-order valence-electron chi connectivity index (χ2n) is 5.21. The summed E-state index contributed by atoms with van der Waals surface area (Å²) in [5.74, 6) is 0.217. The summed E-state index contributed by atoms with van der Waals surface area (Å²) >= 11 is 3.39. The van der Waals surface area contributed by atoms with Gasteiger partial charge in [0.05, 0.1) is 23.2 Å². The smallest absolute Gasteiger partial charge is 0.236 e. The topological polar surface area (TPSA) is 49.8 Å². The molecule has 0 saturated carbocycles. The molecule has 1 aliphatic heterocycles. The lowest BCUT2D eigenvalue weighted by molar-refractivity contribution is -0.118. The number of anilines is 1. The maximum Gasteiger partial charge on any atom is 0.236 e. The number of benzene rings is 2. The maximum absolute atomic E-state index is 12.7. The Kier molecular flexibility index (Phi) is 4.18. The van der Waals surface area contributed by atoms with E-state index in [-0.39, 0.29) is 11.8 Å². The Morgan fingerprint density at radius 1 is 1.23 bits per heavy atom. The summed E-state index contributed by atoms with van der Waals surface area (Å²) in [7, 11) is 1.57. The molecule has 0 aliphatic carbocycles. The van der Waals surface area contributed by atoms with E-state index >= 15 is 0 Å².